The second kappa shape index (κ2) is 6.34. The van der Waals surface area contributed by atoms with Crippen LogP contribution in [0.1, 0.15) is 5.69 Å². The molecule has 0 spiro atoms. The van der Waals surface area contributed by atoms with E-state index in [1.807, 2.05) is 0 Å². The summed E-state index contributed by atoms with van der Waals surface area (Å²) in [5, 5.41) is 0. The van der Waals surface area contributed by atoms with Gasteiger partial charge >= 0.3 is 6.18 Å². The van der Waals surface area contributed by atoms with Gasteiger partial charge in [0.15, 0.2) is 0 Å². The standard InChI is InChI=1S/C14H11BrF3NO2/c15-10-3-1-4-11(9-10)21-8-7-19-12(14(16,17)18)5-2-6-13(19)20/h1-6,9H,7-8H2. The predicted molar refractivity (Wildman–Crippen MR) is 75.3 cm³/mol. The lowest BCUT2D eigenvalue weighted by Crippen LogP contribution is -2.29. The van der Waals surface area contributed by atoms with Gasteiger partial charge in [-0.15, -0.1) is 0 Å². The summed E-state index contributed by atoms with van der Waals surface area (Å²) in [6, 6.07) is 9.98. The van der Waals surface area contributed by atoms with Gasteiger partial charge in [0.2, 0.25) is 0 Å². The number of benzene rings is 1. The zero-order valence-electron chi connectivity index (χ0n) is 10.7. The summed E-state index contributed by atoms with van der Waals surface area (Å²) >= 11 is 3.26. The molecular formula is C14H11BrF3NO2. The van der Waals surface area contributed by atoms with Gasteiger partial charge in [0.25, 0.3) is 5.56 Å². The maximum Gasteiger partial charge on any atom is 0.431 e. The Bertz CT molecular complexity index is 682. The van der Waals surface area contributed by atoms with Crippen LogP contribution in [0, 0.1) is 0 Å². The molecule has 0 aliphatic rings. The number of ether oxygens (including phenoxy) is 1. The minimum Gasteiger partial charge on any atom is -0.492 e. The van der Waals surface area contributed by atoms with Crippen molar-refractivity contribution in [1.29, 1.82) is 0 Å². The second-order valence-electron chi connectivity index (χ2n) is 4.20. The number of alkyl halides is 3. The summed E-state index contributed by atoms with van der Waals surface area (Å²) in [6.07, 6.45) is -4.57. The van der Waals surface area contributed by atoms with Crippen LogP contribution in [0.25, 0.3) is 0 Å². The van der Waals surface area contributed by atoms with E-state index in [1.165, 1.54) is 0 Å². The quantitative estimate of drug-likeness (QED) is 0.831. The molecule has 21 heavy (non-hydrogen) atoms. The number of hydrogen-bond donors (Lipinski definition) is 0. The number of aromatic nitrogens is 1. The predicted octanol–water partition coefficient (Wildman–Crippen LogP) is 3.71. The minimum atomic E-state index is -4.57. The molecule has 3 nitrogen and oxygen atoms in total. The normalized spacial score (nSPS) is 11.4. The molecule has 0 N–H and O–H groups in total. The van der Waals surface area contributed by atoms with Crippen LogP contribution in [-0.4, -0.2) is 11.2 Å². The van der Waals surface area contributed by atoms with Crippen molar-refractivity contribution in [2.45, 2.75) is 12.7 Å². The molecule has 1 aromatic carbocycles. The summed E-state index contributed by atoms with van der Waals surface area (Å²) in [6.45, 7) is -0.218. The molecule has 0 aliphatic heterocycles. The molecule has 0 saturated carbocycles. The second-order valence-corrected chi connectivity index (χ2v) is 5.12. The Morgan fingerprint density at radius 2 is 1.86 bits per heavy atom. The first-order chi connectivity index (χ1) is 9.88. The van der Waals surface area contributed by atoms with E-state index in [9.17, 15) is 18.0 Å². The SMILES string of the molecule is O=c1cccc(C(F)(F)F)n1CCOc1cccc(Br)c1. The zero-order valence-corrected chi connectivity index (χ0v) is 12.3. The van der Waals surface area contributed by atoms with E-state index in [4.69, 9.17) is 4.74 Å². The van der Waals surface area contributed by atoms with Crippen LogP contribution in [-0.2, 0) is 12.7 Å². The number of halogens is 4. The van der Waals surface area contributed by atoms with Gasteiger partial charge in [-0.05, 0) is 24.3 Å². The molecule has 2 aromatic rings. The first-order valence-electron chi connectivity index (χ1n) is 6.03. The van der Waals surface area contributed by atoms with Gasteiger partial charge in [-0.1, -0.05) is 28.1 Å². The van der Waals surface area contributed by atoms with Gasteiger partial charge in [-0.2, -0.15) is 13.2 Å². The van der Waals surface area contributed by atoms with E-state index in [0.717, 1.165) is 22.7 Å². The summed E-state index contributed by atoms with van der Waals surface area (Å²) in [4.78, 5) is 11.6. The van der Waals surface area contributed by atoms with Crippen molar-refractivity contribution >= 4 is 15.9 Å². The first kappa shape index (κ1) is 15.6. The lowest BCUT2D eigenvalue weighted by atomic mass is 10.3. The molecule has 0 radical (unpaired) electrons. The third-order valence-corrected chi connectivity index (χ3v) is 3.21. The van der Waals surface area contributed by atoms with Crippen molar-refractivity contribution in [1.82, 2.24) is 4.57 Å². The molecule has 112 valence electrons. The maximum absolute atomic E-state index is 12.8. The number of nitrogens with zero attached hydrogens (tertiary/aromatic N) is 1. The molecule has 1 heterocycles. The topological polar surface area (TPSA) is 31.2 Å². The fourth-order valence-corrected chi connectivity index (χ4v) is 2.19. The van der Waals surface area contributed by atoms with Gasteiger partial charge in [0.1, 0.15) is 18.1 Å². The van der Waals surface area contributed by atoms with Crippen LogP contribution in [0.15, 0.2) is 51.7 Å². The van der Waals surface area contributed by atoms with Gasteiger partial charge in [-0.25, -0.2) is 0 Å². The highest BCUT2D eigenvalue weighted by atomic mass is 79.9. The lowest BCUT2D eigenvalue weighted by molar-refractivity contribution is -0.144. The van der Waals surface area contributed by atoms with Crippen LogP contribution in [0.5, 0.6) is 5.75 Å². The Balaban J connectivity index is 2.12. The summed E-state index contributed by atoms with van der Waals surface area (Å²) in [5.74, 6) is 0.516. The maximum atomic E-state index is 12.8. The Morgan fingerprint density at radius 1 is 1.14 bits per heavy atom. The minimum absolute atomic E-state index is 0.0382. The number of pyridine rings is 1. The van der Waals surface area contributed by atoms with Crippen LogP contribution < -0.4 is 10.3 Å². The molecule has 1 aromatic heterocycles. The molecule has 0 fully saturated rings. The average molecular weight is 362 g/mol. The highest BCUT2D eigenvalue weighted by Crippen LogP contribution is 2.28. The molecule has 0 saturated heterocycles. The zero-order chi connectivity index (χ0) is 15.5. The van der Waals surface area contributed by atoms with Gasteiger partial charge < -0.3 is 9.30 Å². The molecule has 7 heteroatoms. The van der Waals surface area contributed by atoms with Crippen LogP contribution in [0.3, 0.4) is 0 Å². The van der Waals surface area contributed by atoms with Gasteiger partial charge in [0, 0.05) is 10.5 Å². The third kappa shape index (κ3) is 4.10. The fourth-order valence-electron chi connectivity index (χ4n) is 1.81. The van der Waals surface area contributed by atoms with Crippen LogP contribution in [0.2, 0.25) is 0 Å². The van der Waals surface area contributed by atoms with E-state index in [-0.39, 0.29) is 13.2 Å². The molecule has 0 bridgehead atoms. The average Bonchev–Trinajstić information content (AvgIpc) is 2.39. The van der Waals surface area contributed by atoms with Crippen molar-refractivity contribution in [3.05, 3.63) is 63.0 Å². The van der Waals surface area contributed by atoms with E-state index in [0.29, 0.717) is 10.3 Å². The summed E-state index contributed by atoms with van der Waals surface area (Å²) in [7, 11) is 0. The number of hydrogen-bond acceptors (Lipinski definition) is 2. The third-order valence-electron chi connectivity index (χ3n) is 2.72. The Hall–Kier alpha value is -1.76. The van der Waals surface area contributed by atoms with Crippen molar-refractivity contribution < 1.29 is 17.9 Å². The largest absolute Gasteiger partial charge is 0.492 e. The lowest BCUT2D eigenvalue weighted by Gasteiger charge is -2.15. The van der Waals surface area contributed by atoms with Crippen molar-refractivity contribution in [2.24, 2.45) is 0 Å². The molecule has 0 unspecified atom stereocenters. The van der Waals surface area contributed by atoms with Crippen molar-refractivity contribution in [3.8, 4) is 5.75 Å². The van der Waals surface area contributed by atoms with E-state index in [2.05, 4.69) is 15.9 Å². The Kier molecular flexibility index (Phi) is 4.72. The summed E-state index contributed by atoms with van der Waals surface area (Å²) in [5.41, 5.74) is -1.68. The molecule has 0 amide bonds. The molecular weight excluding hydrogens is 351 g/mol. The Labute approximate surface area is 127 Å². The fraction of sp³-hybridized carbons (Fsp3) is 0.214. The molecule has 0 aliphatic carbocycles. The van der Waals surface area contributed by atoms with Gasteiger partial charge in [0.05, 0.1) is 6.54 Å². The van der Waals surface area contributed by atoms with Gasteiger partial charge in [-0.3, -0.25) is 4.79 Å². The molecule has 2 rings (SSSR count). The first-order valence-corrected chi connectivity index (χ1v) is 6.82. The highest BCUT2D eigenvalue weighted by molar-refractivity contribution is 9.10. The van der Waals surface area contributed by atoms with Crippen molar-refractivity contribution in [2.75, 3.05) is 6.61 Å². The van der Waals surface area contributed by atoms with Crippen LogP contribution in [0.4, 0.5) is 13.2 Å². The summed E-state index contributed by atoms with van der Waals surface area (Å²) < 4.78 is 45.3. The van der Waals surface area contributed by atoms with E-state index >= 15 is 0 Å². The van der Waals surface area contributed by atoms with E-state index in [1.54, 1.807) is 24.3 Å². The molecule has 0 atom stereocenters. The van der Waals surface area contributed by atoms with Crippen molar-refractivity contribution in [3.63, 3.8) is 0 Å². The van der Waals surface area contributed by atoms with Crippen LogP contribution >= 0.6 is 15.9 Å². The number of rotatable bonds is 4. The highest BCUT2D eigenvalue weighted by Gasteiger charge is 2.34. The smallest absolute Gasteiger partial charge is 0.431 e. The van der Waals surface area contributed by atoms with E-state index < -0.39 is 17.4 Å². The Morgan fingerprint density at radius 3 is 2.52 bits per heavy atom. The monoisotopic (exact) mass is 361 g/mol.